The van der Waals surface area contributed by atoms with Gasteiger partial charge in [0.2, 0.25) is 17.7 Å². The van der Waals surface area contributed by atoms with Gasteiger partial charge in [0.25, 0.3) is 10.0 Å². The molecule has 0 bridgehead atoms. The van der Waals surface area contributed by atoms with Crippen LogP contribution in [0.25, 0.3) is 0 Å². The second kappa shape index (κ2) is 8.39. The summed E-state index contributed by atoms with van der Waals surface area (Å²) in [4.78, 5) is 30.4. The van der Waals surface area contributed by atoms with Gasteiger partial charge in [-0.15, -0.1) is 11.3 Å². The third-order valence-corrected chi connectivity index (χ3v) is 5.95. The van der Waals surface area contributed by atoms with Gasteiger partial charge in [0.15, 0.2) is 0 Å². The smallest absolute Gasteiger partial charge is 0.347 e. The molecule has 0 aromatic carbocycles. The van der Waals surface area contributed by atoms with Gasteiger partial charge in [-0.05, 0) is 16.9 Å². The zero-order valence-electron chi connectivity index (χ0n) is 15.3. The van der Waals surface area contributed by atoms with Crippen LogP contribution < -0.4 is 19.5 Å². The minimum absolute atomic E-state index is 0.0816. The number of methoxy groups -OCH3 is 2. The lowest BCUT2D eigenvalue weighted by molar-refractivity contribution is 0.0698. The van der Waals surface area contributed by atoms with Crippen molar-refractivity contribution in [1.29, 1.82) is 0 Å². The Hall–Kier alpha value is -2.93. The van der Waals surface area contributed by atoms with Crippen molar-refractivity contribution in [2.75, 3.05) is 19.5 Å². The van der Waals surface area contributed by atoms with Gasteiger partial charge in [0.1, 0.15) is 9.77 Å². The Bertz CT molecular complexity index is 980. The summed E-state index contributed by atoms with van der Waals surface area (Å²) in [6, 6.07) is 0.187. The number of aromatic nitrogens is 2. The second-order valence-corrected chi connectivity index (χ2v) is 8.14. The number of rotatable bonds is 7. The van der Waals surface area contributed by atoms with E-state index in [0.29, 0.717) is 5.56 Å². The number of anilines is 1. The van der Waals surface area contributed by atoms with Gasteiger partial charge in [-0.3, -0.25) is 5.32 Å². The molecule has 0 aliphatic carbocycles. The number of carbonyl (C=O) groups excluding carboxylic acids is 1. The number of nitrogens with one attached hydrogen (secondary N) is 2. The summed E-state index contributed by atoms with van der Waals surface area (Å²) in [5.74, 6) is -1.78. The van der Waals surface area contributed by atoms with Crippen LogP contribution in [0.15, 0.2) is 16.3 Å². The number of urea groups is 1. The number of amides is 2. The minimum Gasteiger partial charge on any atom is -0.481 e. The third kappa shape index (κ3) is 4.67. The molecule has 0 aliphatic rings. The lowest BCUT2D eigenvalue weighted by Gasteiger charge is -2.12. The van der Waals surface area contributed by atoms with Crippen LogP contribution in [0, 0.1) is 0 Å². The molecule has 152 valence electrons. The van der Waals surface area contributed by atoms with Crippen LogP contribution in [0.4, 0.5) is 10.7 Å². The molecule has 0 spiro atoms. The first-order valence-electron chi connectivity index (χ1n) is 7.74. The fourth-order valence-electron chi connectivity index (χ4n) is 2.15. The van der Waals surface area contributed by atoms with E-state index in [4.69, 9.17) is 9.47 Å². The fourth-order valence-corrected chi connectivity index (χ4v) is 4.99. The number of ether oxygens (including phenoxy) is 2. The van der Waals surface area contributed by atoms with E-state index in [2.05, 4.69) is 15.3 Å². The summed E-state index contributed by atoms with van der Waals surface area (Å²) in [5.41, 5.74) is 0.294. The van der Waals surface area contributed by atoms with Crippen molar-refractivity contribution in [1.82, 2.24) is 14.7 Å². The van der Waals surface area contributed by atoms with Crippen LogP contribution in [0.1, 0.15) is 35.0 Å². The Kier molecular flexibility index (Phi) is 6.41. The highest BCUT2D eigenvalue weighted by Crippen LogP contribution is 2.32. The fraction of sp³-hybridized carbons (Fsp3) is 0.333. The van der Waals surface area contributed by atoms with E-state index in [9.17, 15) is 23.1 Å². The van der Waals surface area contributed by atoms with Crippen LogP contribution in [0.3, 0.4) is 0 Å². The molecule has 2 aromatic rings. The molecule has 0 unspecified atom stereocenters. The van der Waals surface area contributed by atoms with Gasteiger partial charge in [0.05, 0.1) is 20.3 Å². The molecule has 13 heteroatoms. The molecule has 28 heavy (non-hydrogen) atoms. The van der Waals surface area contributed by atoms with Crippen molar-refractivity contribution in [2.24, 2.45) is 0 Å². The number of hydrogen-bond donors (Lipinski definition) is 3. The number of hydrogen-bond acceptors (Lipinski definition) is 9. The van der Waals surface area contributed by atoms with Crippen LogP contribution in [-0.4, -0.2) is 49.7 Å². The predicted octanol–water partition coefficient (Wildman–Crippen LogP) is 1.89. The average molecular weight is 430 g/mol. The Morgan fingerprint density at radius 3 is 2.21 bits per heavy atom. The van der Waals surface area contributed by atoms with E-state index in [1.165, 1.54) is 25.7 Å². The lowest BCUT2D eigenvalue weighted by Crippen LogP contribution is -2.35. The van der Waals surface area contributed by atoms with Crippen molar-refractivity contribution in [3.05, 3.63) is 21.9 Å². The van der Waals surface area contributed by atoms with Crippen LogP contribution in [-0.2, 0) is 10.0 Å². The monoisotopic (exact) mass is 430 g/mol. The molecule has 0 fully saturated rings. The topological polar surface area (TPSA) is 157 Å². The maximum atomic E-state index is 12.7. The number of sulfonamides is 1. The van der Waals surface area contributed by atoms with Gasteiger partial charge < -0.3 is 14.6 Å². The first kappa shape index (κ1) is 21.4. The van der Waals surface area contributed by atoms with Gasteiger partial charge >= 0.3 is 12.0 Å². The number of carbonyl (C=O) groups is 2. The molecule has 0 aliphatic heterocycles. The highest BCUT2D eigenvalue weighted by atomic mass is 32.2. The summed E-state index contributed by atoms with van der Waals surface area (Å²) in [5, 5.41) is 12.9. The number of carboxylic acids is 1. The number of carboxylic acid groups (broad SMARTS) is 1. The van der Waals surface area contributed by atoms with E-state index in [1.807, 2.05) is 0 Å². The van der Waals surface area contributed by atoms with E-state index in [0.717, 1.165) is 11.3 Å². The molecule has 0 atom stereocenters. The van der Waals surface area contributed by atoms with E-state index < -0.39 is 26.9 Å². The average Bonchev–Trinajstić information content (AvgIpc) is 3.07. The quantitative estimate of drug-likeness (QED) is 0.596. The van der Waals surface area contributed by atoms with Crippen LogP contribution in [0.5, 0.6) is 11.8 Å². The Morgan fingerprint density at radius 1 is 1.18 bits per heavy atom. The summed E-state index contributed by atoms with van der Waals surface area (Å²) < 4.78 is 37.0. The molecule has 2 aromatic heterocycles. The highest BCUT2D eigenvalue weighted by molar-refractivity contribution is 7.90. The molecular weight excluding hydrogens is 412 g/mol. The van der Waals surface area contributed by atoms with E-state index >= 15 is 0 Å². The first-order chi connectivity index (χ1) is 13.1. The summed E-state index contributed by atoms with van der Waals surface area (Å²) in [7, 11) is -1.79. The normalized spacial score (nSPS) is 11.2. The molecule has 2 amide bonds. The highest BCUT2D eigenvalue weighted by Gasteiger charge is 2.31. The summed E-state index contributed by atoms with van der Waals surface area (Å²) >= 11 is 0.772. The van der Waals surface area contributed by atoms with E-state index in [1.54, 1.807) is 18.6 Å². The Balaban J connectivity index is 2.32. The molecule has 0 radical (unpaired) electrons. The van der Waals surface area contributed by atoms with Gasteiger partial charge in [-0.2, -0.15) is 9.97 Å². The van der Waals surface area contributed by atoms with Crippen molar-refractivity contribution in [3.8, 4) is 11.8 Å². The SMILES string of the molecule is COc1cc(OC)nc(NC(=O)NS(=O)(=O)c2c(C(C)C)csc2C(=O)O)n1. The standard InChI is InChI=1S/C15H18N4O7S2/c1-7(2)8-6-27-11(13(20)21)12(8)28(23,24)19-15(22)18-14-16-9(25-3)5-10(17-14)26-4/h5-7H,1-4H3,(H,20,21)(H2,16,17,18,19,22). The summed E-state index contributed by atoms with van der Waals surface area (Å²) in [6.45, 7) is 3.42. The third-order valence-electron chi connectivity index (χ3n) is 3.41. The minimum atomic E-state index is -4.47. The molecule has 2 heterocycles. The molecule has 0 saturated heterocycles. The first-order valence-corrected chi connectivity index (χ1v) is 10.1. The van der Waals surface area contributed by atoms with Gasteiger partial charge in [0, 0.05) is 0 Å². The van der Waals surface area contributed by atoms with Crippen molar-refractivity contribution < 1.29 is 32.6 Å². The largest absolute Gasteiger partial charge is 0.481 e. The molecule has 3 N–H and O–H groups in total. The van der Waals surface area contributed by atoms with Crippen LogP contribution in [0.2, 0.25) is 0 Å². The summed E-state index contributed by atoms with van der Waals surface area (Å²) in [6.07, 6.45) is 0. The maximum Gasteiger partial charge on any atom is 0.347 e. The van der Waals surface area contributed by atoms with Crippen molar-refractivity contribution in [2.45, 2.75) is 24.7 Å². The molecule has 0 saturated carbocycles. The predicted molar refractivity (Wildman–Crippen MR) is 99.8 cm³/mol. The molecule has 2 rings (SSSR count). The van der Waals surface area contributed by atoms with Gasteiger partial charge in [-0.1, -0.05) is 13.8 Å². The number of aromatic carboxylic acids is 1. The van der Waals surface area contributed by atoms with Crippen LogP contribution >= 0.6 is 11.3 Å². The number of thiophene rings is 1. The number of nitrogens with zero attached hydrogens (tertiary/aromatic N) is 2. The van der Waals surface area contributed by atoms with Gasteiger partial charge in [-0.25, -0.2) is 22.7 Å². The maximum absolute atomic E-state index is 12.7. The van der Waals surface area contributed by atoms with Crippen molar-refractivity contribution in [3.63, 3.8) is 0 Å². The second-order valence-electron chi connectivity index (χ2n) is 5.65. The molecular formula is C15H18N4O7S2. The molecule has 11 nitrogen and oxygen atoms in total. The Morgan fingerprint density at radius 2 is 1.75 bits per heavy atom. The zero-order chi connectivity index (χ0) is 21.1. The lowest BCUT2D eigenvalue weighted by atomic mass is 10.1. The zero-order valence-corrected chi connectivity index (χ0v) is 17.0. The Labute approximate surface area is 164 Å². The van der Waals surface area contributed by atoms with Crippen molar-refractivity contribution >= 4 is 39.3 Å². The van der Waals surface area contributed by atoms with E-state index in [-0.39, 0.29) is 28.5 Å².